The second kappa shape index (κ2) is 6.47. The Hall–Kier alpha value is -1.02. The molecule has 0 N–H and O–H groups in total. The first-order valence-electron chi connectivity index (χ1n) is 8.04. The topological polar surface area (TPSA) is 68.7 Å². The molecule has 0 aromatic carbocycles. The first kappa shape index (κ1) is 16.8. The van der Waals surface area contributed by atoms with Crippen LogP contribution in [0.1, 0.15) is 25.8 Å². The molecule has 0 saturated carbocycles. The predicted molar refractivity (Wildman–Crippen MR) is 86.3 cm³/mol. The molecule has 0 aliphatic carbocycles. The van der Waals surface area contributed by atoms with Gasteiger partial charge in [0.2, 0.25) is 10.0 Å². The van der Waals surface area contributed by atoms with Crippen molar-refractivity contribution in [1.29, 1.82) is 0 Å². The van der Waals surface area contributed by atoms with Crippen LogP contribution < -0.4 is 0 Å². The van der Waals surface area contributed by atoms with Crippen LogP contribution in [0, 0.1) is 5.92 Å². The summed E-state index contributed by atoms with van der Waals surface area (Å²) in [4.78, 5) is 3.98. The van der Waals surface area contributed by atoms with Gasteiger partial charge in [-0.1, -0.05) is 0 Å². The van der Waals surface area contributed by atoms with Gasteiger partial charge >= 0.3 is 0 Å². The molecule has 0 amide bonds. The summed E-state index contributed by atoms with van der Waals surface area (Å²) >= 11 is 0. The number of aromatic nitrogens is 1. The molecule has 3 rings (SSSR count). The molecule has 1 spiro atoms. The van der Waals surface area contributed by atoms with Crippen molar-refractivity contribution in [1.82, 2.24) is 9.29 Å². The highest BCUT2D eigenvalue weighted by atomic mass is 32.2. The minimum atomic E-state index is -3.18. The van der Waals surface area contributed by atoms with Crippen molar-refractivity contribution in [3.63, 3.8) is 0 Å². The molecule has 7 heteroatoms. The van der Waals surface area contributed by atoms with Gasteiger partial charge in [0, 0.05) is 38.0 Å². The van der Waals surface area contributed by atoms with Gasteiger partial charge in [0.15, 0.2) is 0 Å². The number of sulfonamides is 1. The monoisotopic (exact) mass is 340 g/mol. The molecule has 1 aromatic heterocycles. The van der Waals surface area contributed by atoms with E-state index in [9.17, 15) is 8.42 Å². The maximum atomic E-state index is 12.2. The zero-order valence-electron chi connectivity index (χ0n) is 13.6. The van der Waals surface area contributed by atoms with Crippen LogP contribution in [0.5, 0.6) is 0 Å². The van der Waals surface area contributed by atoms with Gasteiger partial charge in [0.1, 0.15) is 5.60 Å². The molecule has 3 heterocycles. The SMILES string of the molecule is CC(C)S(=O)(=O)N1CC2(C1)OCC[C@@H]2COCc1ccncc1. The highest BCUT2D eigenvalue weighted by molar-refractivity contribution is 7.89. The second-order valence-electron chi connectivity index (χ2n) is 6.63. The molecule has 0 radical (unpaired) electrons. The average molecular weight is 340 g/mol. The molecule has 2 aliphatic rings. The summed E-state index contributed by atoms with van der Waals surface area (Å²) in [7, 11) is -3.18. The number of pyridine rings is 1. The molecule has 2 aliphatic heterocycles. The molecule has 2 fully saturated rings. The molecule has 2 saturated heterocycles. The molecule has 128 valence electrons. The highest BCUT2D eigenvalue weighted by Crippen LogP contribution is 2.41. The van der Waals surface area contributed by atoms with Gasteiger partial charge in [-0.15, -0.1) is 0 Å². The highest BCUT2D eigenvalue weighted by Gasteiger charge is 2.56. The summed E-state index contributed by atoms with van der Waals surface area (Å²) < 4.78 is 37.7. The molecule has 1 atom stereocenters. The summed E-state index contributed by atoms with van der Waals surface area (Å²) in [6.45, 7) is 6.16. The lowest BCUT2D eigenvalue weighted by Gasteiger charge is -2.49. The van der Waals surface area contributed by atoms with E-state index >= 15 is 0 Å². The summed E-state index contributed by atoms with van der Waals surface area (Å²) in [5, 5.41) is -0.386. The number of hydrogen-bond acceptors (Lipinski definition) is 5. The van der Waals surface area contributed by atoms with E-state index in [0.29, 0.717) is 32.9 Å². The summed E-state index contributed by atoms with van der Waals surface area (Å²) in [6.07, 6.45) is 4.42. The van der Waals surface area contributed by atoms with Gasteiger partial charge in [-0.3, -0.25) is 4.98 Å². The van der Waals surface area contributed by atoms with Crippen molar-refractivity contribution in [3.05, 3.63) is 30.1 Å². The van der Waals surface area contributed by atoms with Crippen molar-refractivity contribution >= 4 is 10.0 Å². The Morgan fingerprint density at radius 3 is 2.74 bits per heavy atom. The van der Waals surface area contributed by atoms with Crippen molar-refractivity contribution in [2.45, 2.75) is 37.7 Å². The minimum absolute atomic E-state index is 0.253. The zero-order chi connectivity index (χ0) is 16.5. The maximum Gasteiger partial charge on any atom is 0.216 e. The van der Waals surface area contributed by atoms with E-state index in [-0.39, 0.29) is 16.8 Å². The van der Waals surface area contributed by atoms with Crippen LogP contribution >= 0.6 is 0 Å². The second-order valence-corrected chi connectivity index (χ2v) is 9.12. The van der Waals surface area contributed by atoms with Gasteiger partial charge < -0.3 is 9.47 Å². The molecular formula is C16H24N2O4S. The summed E-state index contributed by atoms with van der Waals surface area (Å²) in [6, 6.07) is 3.86. The average Bonchev–Trinajstić information content (AvgIpc) is 2.90. The van der Waals surface area contributed by atoms with Crippen molar-refractivity contribution in [2.24, 2.45) is 5.92 Å². The Balaban J connectivity index is 1.53. The normalized spacial score (nSPS) is 24.2. The van der Waals surface area contributed by atoms with Gasteiger partial charge in [-0.25, -0.2) is 8.42 Å². The van der Waals surface area contributed by atoms with Crippen LogP contribution in [0.25, 0.3) is 0 Å². The lowest BCUT2D eigenvalue weighted by molar-refractivity contribution is -0.115. The van der Waals surface area contributed by atoms with E-state index in [1.807, 2.05) is 12.1 Å². The van der Waals surface area contributed by atoms with Crippen molar-refractivity contribution < 1.29 is 17.9 Å². The predicted octanol–water partition coefficient (Wildman–Crippen LogP) is 1.43. The summed E-state index contributed by atoms with van der Waals surface area (Å²) in [5.41, 5.74) is 0.741. The molecule has 23 heavy (non-hydrogen) atoms. The van der Waals surface area contributed by atoms with Gasteiger partial charge in [0.05, 0.1) is 18.5 Å². The maximum absolute atomic E-state index is 12.2. The smallest absolute Gasteiger partial charge is 0.216 e. The quantitative estimate of drug-likeness (QED) is 0.783. The number of ether oxygens (including phenoxy) is 2. The minimum Gasteiger partial charge on any atom is -0.376 e. The van der Waals surface area contributed by atoms with E-state index in [1.165, 1.54) is 0 Å². The van der Waals surface area contributed by atoms with Gasteiger partial charge in [-0.05, 0) is 38.0 Å². The van der Waals surface area contributed by atoms with E-state index in [4.69, 9.17) is 9.47 Å². The fourth-order valence-electron chi connectivity index (χ4n) is 3.20. The van der Waals surface area contributed by atoms with Crippen LogP contribution in [-0.2, 0) is 26.1 Å². The Kier molecular flexibility index (Phi) is 4.73. The van der Waals surface area contributed by atoms with E-state index in [0.717, 1.165) is 12.0 Å². The standard InChI is InChI=1S/C16H24N2O4S/c1-13(2)23(19,20)18-11-16(12-18)15(5-8-22-16)10-21-9-14-3-6-17-7-4-14/h3-4,6-7,13,15H,5,8-12H2,1-2H3/t15-/m1/s1. The van der Waals surface area contributed by atoms with E-state index < -0.39 is 10.0 Å². The van der Waals surface area contributed by atoms with Crippen LogP contribution in [-0.4, -0.2) is 54.9 Å². The van der Waals surface area contributed by atoms with Crippen LogP contribution in [0.2, 0.25) is 0 Å². The Morgan fingerprint density at radius 1 is 1.39 bits per heavy atom. The van der Waals surface area contributed by atoms with Gasteiger partial charge in [-0.2, -0.15) is 4.31 Å². The third-order valence-corrected chi connectivity index (χ3v) is 6.95. The van der Waals surface area contributed by atoms with E-state index in [2.05, 4.69) is 4.98 Å². The third-order valence-electron chi connectivity index (χ3n) is 4.78. The van der Waals surface area contributed by atoms with E-state index in [1.54, 1.807) is 30.5 Å². The Morgan fingerprint density at radius 2 is 2.09 bits per heavy atom. The van der Waals surface area contributed by atoms with Crippen molar-refractivity contribution in [3.8, 4) is 0 Å². The lowest BCUT2D eigenvalue weighted by atomic mass is 9.83. The fraction of sp³-hybridized carbons (Fsp3) is 0.688. The molecule has 6 nitrogen and oxygen atoms in total. The van der Waals surface area contributed by atoms with Crippen LogP contribution in [0.4, 0.5) is 0 Å². The van der Waals surface area contributed by atoms with Gasteiger partial charge in [0.25, 0.3) is 0 Å². The molecule has 0 unspecified atom stereocenters. The number of rotatable bonds is 6. The summed E-state index contributed by atoms with van der Waals surface area (Å²) in [5.74, 6) is 0.253. The fourth-order valence-corrected chi connectivity index (χ4v) is 4.59. The van der Waals surface area contributed by atoms with Crippen LogP contribution in [0.3, 0.4) is 0 Å². The molecular weight excluding hydrogens is 316 g/mol. The number of hydrogen-bond donors (Lipinski definition) is 0. The van der Waals surface area contributed by atoms with Crippen molar-refractivity contribution in [2.75, 3.05) is 26.3 Å². The molecule has 0 bridgehead atoms. The Bertz CT molecular complexity index is 627. The largest absolute Gasteiger partial charge is 0.376 e. The lowest BCUT2D eigenvalue weighted by Crippen LogP contribution is -2.67. The first-order valence-corrected chi connectivity index (χ1v) is 9.54. The Labute approximate surface area is 137 Å². The number of nitrogens with zero attached hydrogens (tertiary/aromatic N) is 2. The first-order chi connectivity index (χ1) is 10.9. The third kappa shape index (κ3) is 3.28. The zero-order valence-corrected chi connectivity index (χ0v) is 14.5. The van der Waals surface area contributed by atoms with Crippen LogP contribution in [0.15, 0.2) is 24.5 Å². The molecule has 1 aromatic rings.